The van der Waals surface area contributed by atoms with Gasteiger partial charge in [-0.2, -0.15) is 0 Å². The van der Waals surface area contributed by atoms with Crippen molar-refractivity contribution in [3.8, 4) is 0 Å². The summed E-state index contributed by atoms with van der Waals surface area (Å²) in [6.45, 7) is 8.85. The number of allylic oxidation sites excluding steroid dienone is 2. The minimum Gasteiger partial charge on any atom is -0.294 e. The number of Topliss-reactive ketones (excluding diaryl/α,β-unsaturated/α-hetero) is 1. The van der Waals surface area contributed by atoms with Crippen molar-refractivity contribution in [3.05, 3.63) is 11.1 Å². The van der Waals surface area contributed by atoms with Crippen LogP contribution in [0.4, 0.5) is 0 Å². The molecule has 0 aromatic heterocycles. The second-order valence-corrected chi connectivity index (χ2v) is 6.32. The highest BCUT2D eigenvalue weighted by Crippen LogP contribution is 2.50. The quantitative estimate of drug-likeness (QED) is 0.649. The Morgan fingerprint density at radius 2 is 2.00 bits per heavy atom. The van der Waals surface area contributed by atoms with Crippen molar-refractivity contribution in [1.29, 1.82) is 0 Å². The van der Waals surface area contributed by atoms with Crippen LogP contribution in [0, 0.1) is 17.3 Å². The molecule has 1 saturated carbocycles. The van der Waals surface area contributed by atoms with Crippen molar-refractivity contribution in [2.24, 2.45) is 17.3 Å². The van der Waals surface area contributed by atoms with Gasteiger partial charge in [0.05, 0.1) is 0 Å². The molecule has 0 aromatic rings. The Labute approximate surface area is 99.3 Å². The molecule has 1 heteroatoms. The lowest BCUT2D eigenvalue weighted by Gasteiger charge is -2.43. The normalized spacial score (nSPS) is 35.6. The van der Waals surface area contributed by atoms with Crippen molar-refractivity contribution in [3.63, 3.8) is 0 Å². The summed E-state index contributed by atoms with van der Waals surface area (Å²) in [6, 6.07) is 0. The van der Waals surface area contributed by atoms with Gasteiger partial charge in [0.25, 0.3) is 0 Å². The van der Waals surface area contributed by atoms with Crippen molar-refractivity contribution in [2.45, 2.75) is 59.8 Å². The highest BCUT2D eigenvalue weighted by atomic mass is 16.1. The van der Waals surface area contributed by atoms with Gasteiger partial charge < -0.3 is 0 Å². The highest BCUT2D eigenvalue weighted by Gasteiger charge is 2.44. The van der Waals surface area contributed by atoms with Gasteiger partial charge in [0.15, 0.2) is 5.78 Å². The minimum atomic E-state index is 0.213. The van der Waals surface area contributed by atoms with Crippen LogP contribution in [0.1, 0.15) is 59.8 Å². The van der Waals surface area contributed by atoms with Crippen LogP contribution in [-0.2, 0) is 4.79 Å². The van der Waals surface area contributed by atoms with Gasteiger partial charge in [0.1, 0.15) is 0 Å². The van der Waals surface area contributed by atoms with Crippen LogP contribution in [0.25, 0.3) is 0 Å². The third-order valence-electron chi connectivity index (χ3n) is 4.71. The van der Waals surface area contributed by atoms with Gasteiger partial charge in [-0.3, -0.25) is 4.79 Å². The Balaban J connectivity index is 2.38. The van der Waals surface area contributed by atoms with Gasteiger partial charge >= 0.3 is 0 Å². The Morgan fingerprint density at radius 1 is 1.31 bits per heavy atom. The second kappa shape index (κ2) is 4.01. The molecule has 0 spiro atoms. The van der Waals surface area contributed by atoms with E-state index in [1.807, 2.05) is 0 Å². The maximum Gasteiger partial charge on any atom is 0.162 e. The molecule has 2 aliphatic carbocycles. The molecule has 90 valence electrons. The average Bonchev–Trinajstić information content (AvgIpc) is 2.16. The molecule has 0 amide bonds. The van der Waals surface area contributed by atoms with Crippen LogP contribution >= 0.6 is 0 Å². The topological polar surface area (TPSA) is 17.1 Å². The maximum absolute atomic E-state index is 12.6. The fraction of sp³-hybridized carbons (Fsp3) is 0.800. The summed E-state index contributed by atoms with van der Waals surface area (Å²) in [5.41, 5.74) is 2.80. The van der Waals surface area contributed by atoms with Crippen molar-refractivity contribution in [1.82, 2.24) is 0 Å². The highest BCUT2D eigenvalue weighted by molar-refractivity contribution is 6.00. The smallest absolute Gasteiger partial charge is 0.162 e. The first kappa shape index (κ1) is 11.9. The summed E-state index contributed by atoms with van der Waals surface area (Å²) in [6.07, 6.45) is 5.95. The molecular weight excluding hydrogens is 196 g/mol. The summed E-state index contributed by atoms with van der Waals surface area (Å²) in [7, 11) is 0. The molecule has 16 heavy (non-hydrogen) atoms. The summed E-state index contributed by atoms with van der Waals surface area (Å²) in [4.78, 5) is 12.6. The third-order valence-corrected chi connectivity index (χ3v) is 4.71. The first-order valence-electron chi connectivity index (χ1n) is 6.70. The zero-order chi connectivity index (χ0) is 11.9. The molecule has 0 bridgehead atoms. The van der Waals surface area contributed by atoms with E-state index in [4.69, 9.17) is 0 Å². The molecule has 0 N–H and O–H groups in total. The number of hydrogen-bond donors (Lipinski definition) is 0. The first-order valence-corrected chi connectivity index (χ1v) is 6.70. The van der Waals surface area contributed by atoms with Crippen LogP contribution in [0.5, 0.6) is 0 Å². The molecule has 0 aliphatic heterocycles. The van der Waals surface area contributed by atoms with Crippen molar-refractivity contribution >= 4 is 5.78 Å². The molecular formula is C15H24O. The summed E-state index contributed by atoms with van der Waals surface area (Å²) >= 11 is 0. The van der Waals surface area contributed by atoms with Gasteiger partial charge in [0.2, 0.25) is 0 Å². The number of hydrogen-bond acceptors (Lipinski definition) is 1. The van der Waals surface area contributed by atoms with E-state index >= 15 is 0 Å². The largest absolute Gasteiger partial charge is 0.294 e. The number of carbonyl (C=O) groups is 1. The van der Waals surface area contributed by atoms with Crippen LogP contribution in [0.3, 0.4) is 0 Å². The second-order valence-electron chi connectivity index (χ2n) is 6.32. The Kier molecular flexibility index (Phi) is 2.98. The zero-order valence-electron chi connectivity index (χ0n) is 11.1. The fourth-order valence-corrected chi connectivity index (χ4v) is 3.69. The summed E-state index contributed by atoms with van der Waals surface area (Å²) in [5.74, 6) is 1.26. The van der Waals surface area contributed by atoms with E-state index in [0.717, 1.165) is 12.8 Å². The third kappa shape index (κ3) is 1.74. The molecule has 0 aromatic carbocycles. The number of rotatable bonds is 1. The van der Waals surface area contributed by atoms with Gasteiger partial charge in [-0.05, 0) is 50.4 Å². The lowest BCUT2D eigenvalue weighted by molar-refractivity contribution is -0.124. The van der Waals surface area contributed by atoms with Crippen LogP contribution < -0.4 is 0 Å². The molecule has 2 aliphatic rings. The minimum absolute atomic E-state index is 0.213. The molecule has 1 unspecified atom stereocenters. The van der Waals surface area contributed by atoms with E-state index in [0.29, 0.717) is 11.7 Å². The number of fused-ring (bicyclic) bond motifs is 1. The lowest BCUT2D eigenvalue weighted by Crippen LogP contribution is -2.39. The Bertz CT molecular complexity index is 337. The van der Waals surface area contributed by atoms with Crippen molar-refractivity contribution in [2.75, 3.05) is 0 Å². The lowest BCUT2D eigenvalue weighted by atomic mass is 9.60. The average molecular weight is 220 g/mol. The van der Waals surface area contributed by atoms with E-state index in [9.17, 15) is 4.79 Å². The van der Waals surface area contributed by atoms with E-state index < -0.39 is 0 Å². The van der Waals surface area contributed by atoms with E-state index in [1.54, 1.807) is 0 Å². The predicted octanol–water partition coefficient (Wildman–Crippen LogP) is 4.13. The number of ketones is 1. The summed E-state index contributed by atoms with van der Waals surface area (Å²) < 4.78 is 0. The molecule has 1 nitrogen and oxygen atoms in total. The van der Waals surface area contributed by atoms with Gasteiger partial charge in [-0.1, -0.05) is 26.3 Å². The molecule has 0 radical (unpaired) electrons. The first-order chi connectivity index (χ1) is 7.46. The van der Waals surface area contributed by atoms with Crippen LogP contribution in [-0.4, -0.2) is 5.78 Å². The van der Waals surface area contributed by atoms with Crippen LogP contribution in [0.15, 0.2) is 11.1 Å². The number of carbonyl (C=O) groups excluding carboxylic acids is 1. The van der Waals surface area contributed by atoms with E-state index in [1.165, 1.54) is 30.4 Å². The van der Waals surface area contributed by atoms with Gasteiger partial charge in [-0.25, -0.2) is 0 Å². The van der Waals surface area contributed by atoms with Gasteiger partial charge in [0, 0.05) is 11.5 Å². The molecule has 0 saturated heterocycles. The van der Waals surface area contributed by atoms with E-state index in [2.05, 4.69) is 27.7 Å². The fourth-order valence-electron chi connectivity index (χ4n) is 3.69. The molecule has 2 atom stereocenters. The Hall–Kier alpha value is -0.590. The SMILES string of the molecule is CC1=C2C(=O)C(C(C)C)CC[C@@]2(C)CCC1. The maximum atomic E-state index is 12.6. The molecule has 2 rings (SSSR count). The van der Waals surface area contributed by atoms with Crippen molar-refractivity contribution < 1.29 is 4.79 Å². The predicted molar refractivity (Wildman–Crippen MR) is 67.2 cm³/mol. The zero-order valence-corrected chi connectivity index (χ0v) is 11.1. The summed E-state index contributed by atoms with van der Waals surface area (Å²) in [5, 5.41) is 0. The molecule has 0 heterocycles. The van der Waals surface area contributed by atoms with Crippen LogP contribution in [0.2, 0.25) is 0 Å². The molecule has 1 fully saturated rings. The van der Waals surface area contributed by atoms with E-state index in [-0.39, 0.29) is 11.3 Å². The standard InChI is InChI=1S/C15H24O/c1-10(2)12-7-9-15(4)8-5-6-11(3)13(15)14(12)16/h10,12H,5-9H2,1-4H3/t12?,15-/m1/s1. The Morgan fingerprint density at radius 3 is 2.62 bits per heavy atom. The van der Waals surface area contributed by atoms with Gasteiger partial charge in [-0.15, -0.1) is 0 Å². The monoisotopic (exact) mass is 220 g/mol.